The summed E-state index contributed by atoms with van der Waals surface area (Å²) >= 11 is 7.81. The summed E-state index contributed by atoms with van der Waals surface area (Å²) in [5.74, 6) is 2.29. The highest BCUT2D eigenvalue weighted by molar-refractivity contribution is 7.15. The van der Waals surface area contributed by atoms with Gasteiger partial charge in [0.1, 0.15) is 22.3 Å². The van der Waals surface area contributed by atoms with Gasteiger partial charge in [0.2, 0.25) is 0 Å². The molecule has 0 fully saturated rings. The fourth-order valence-electron chi connectivity index (χ4n) is 4.22. The number of thiophene rings is 1. The molecule has 4 aromatic rings. The maximum absolute atomic E-state index is 13.2. The van der Waals surface area contributed by atoms with E-state index in [9.17, 15) is 4.79 Å². The molecule has 0 bridgehead atoms. The zero-order valence-electron chi connectivity index (χ0n) is 20.9. The number of amides is 2. The number of methoxy groups -OCH3 is 2. The Labute approximate surface area is 223 Å². The van der Waals surface area contributed by atoms with Crippen molar-refractivity contribution in [3.63, 3.8) is 0 Å². The van der Waals surface area contributed by atoms with Crippen molar-refractivity contribution in [1.29, 1.82) is 0 Å². The molecule has 2 aromatic heterocycles. The van der Waals surface area contributed by atoms with Crippen molar-refractivity contribution in [2.24, 2.45) is 4.99 Å². The Hall–Kier alpha value is -3.89. The highest BCUT2D eigenvalue weighted by atomic mass is 35.5. The number of aliphatic imine (C=N–C) groups is 1. The van der Waals surface area contributed by atoms with Gasteiger partial charge in [-0.2, -0.15) is 0 Å². The molecule has 0 saturated carbocycles. The third kappa shape index (κ3) is 4.54. The van der Waals surface area contributed by atoms with Crippen molar-refractivity contribution in [3.05, 3.63) is 80.7 Å². The Bertz CT molecular complexity index is 1530. The van der Waals surface area contributed by atoms with E-state index in [-0.39, 0.29) is 0 Å². The number of aryl methyl sites for hydroxylation is 2. The van der Waals surface area contributed by atoms with Gasteiger partial charge in [-0.3, -0.25) is 9.56 Å². The van der Waals surface area contributed by atoms with Crippen molar-refractivity contribution < 1.29 is 14.3 Å². The van der Waals surface area contributed by atoms with Crippen molar-refractivity contribution in [3.8, 4) is 16.5 Å². The van der Waals surface area contributed by atoms with Gasteiger partial charge in [-0.05, 0) is 50.6 Å². The Morgan fingerprint density at radius 3 is 2.51 bits per heavy atom. The minimum Gasteiger partial charge on any atom is -0.497 e. The van der Waals surface area contributed by atoms with E-state index >= 15 is 0 Å². The average Bonchev–Trinajstić information content (AvgIpc) is 3.36. The lowest BCUT2D eigenvalue weighted by molar-refractivity contribution is 0.248. The number of nitrogens with one attached hydrogen (secondary N) is 2. The SMILES string of the molecule is COc1ccc(OC)c(NC(=O)NC2N=C(c3ccc(Cl)cc3)c3c(sc(C)c3C)-n3c(C)nnc32)c1. The van der Waals surface area contributed by atoms with Crippen LogP contribution < -0.4 is 20.1 Å². The zero-order chi connectivity index (χ0) is 26.3. The van der Waals surface area contributed by atoms with Crippen LogP contribution in [0.15, 0.2) is 47.5 Å². The third-order valence-electron chi connectivity index (χ3n) is 6.20. The number of nitrogens with zero attached hydrogens (tertiary/aromatic N) is 4. The van der Waals surface area contributed by atoms with Crippen LogP contribution in [0.4, 0.5) is 10.5 Å². The summed E-state index contributed by atoms with van der Waals surface area (Å²) in [6, 6.07) is 12.2. The molecule has 190 valence electrons. The molecule has 9 nitrogen and oxygen atoms in total. The van der Waals surface area contributed by atoms with Gasteiger partial charge < -0.3 is 20.1 Å². The van der Waals surface area contributed by atoms with Gasteiger partial charge in [0.25, 0.3) is 0 Å². The van der Waals surface area contributed by atoms with E-state index in [0.29, 0.717) is 33.9 Å². The molecule has 1 aliphatic heterocycles. The van der Waals surface area contributed by atoms with Gasteiger partial charge in [0.15, 0.2) is 12.0 Å². The lowest BCUT2D eigenvalue weighted by Gasteiger charge is -2.17. The largest absolute Gasteiger partial charge is 0.497 e. The highest BCUT2D eigenvalue weighted by Gasteiger charge is 2.32. The van der Waals surface area contributed by atoms with E-state index in [0.717, 1.165) is 27.4 Å². The molecule has 0 spiro atoms. The summed E-state index contributed by atoms with van der Waals surface area (Å²) in [5.41, 5.74) is 4.16. The van der Waals surface area contributed by atoms with Crippen LogP contribution in [0.1, 0.15) is 39.4 Å². The lowest BCUT2D eigenvalue weighted by Crippen LogP contribution is -2.33. The first-order valence-corrected chi connectivity index (χ1v) is 12.7. The zero-order valence-corrected chi connectivity index (χ0v) is 22.5. The molecule has 2 N–H and O–H groups in total. The number of fused-ring (bicyclic) bond motifs is 3. The van der Waals surface area contributed by atoms with E-state index in [2.05, 4.69) is 34.7 Å². The van der Waals surface area contributed by atoms with E-state index in [1.54, 1.807) is 36.6 Å². The van der Waals surface area contributed by atoms with E-state index < -0.39 is 12.2 Å². The molecular weight excluding hydrogens is 512 g/mol. The molecular formula is C26H25ClN6O3S. The van der Waals surface area contributed by atoms with Crippen LogP contribution in [0.3, 0.4) is 0 Å². The van der Waals surface area contributed by atoms with Gasteiger partial charge in [0, 0.05) is 27.1 Å². The van der Waals surface area contributed by atoms with Gasteiger partial charge in [0.05, 0.1) is 25.6 Å². The van der Waals surface area contributed by atoms with Gasteiger partial charge in [-0.1, -0.05) is 23.7 Å². The molecule has 11 heteroatoms. The van der Waals surface area contributed by atoms with E-state index in [1.807, 2.05) is 35.8 Å². The first-order chi connectivity index (χ1) is 17.8. The summed E-state index contributed by atoms with van der Waals surface area (Å²) < 4.78 is 12.6. The number of benzene rings is 2. The molecule has 2 aromatic carbocycles. The molecule has 3 heterocycles. The molecule has 2 amide bonds. The quantitative estimate of drug-likeness (QED) is 0.346. The summed E-state index contributed by atoms with van der Waals surface area (Å²) in [6.07, 6.45) is -0.817. The highest BCUT2D eigenvalue weighted by Crippen LogP contribution is 2.38. The number of hydrogen-bond acceptors (Lipinski definition) is 7. The van der Waals surface area contributed by atoms with Crippen molar-refractivity contribution in [1.82, 2.24) is 20.1 Å². The maximum Gasteiger partial charge on any atom is 0.321 e. The number of urea groups is 1. The van der Waals surface area contributed by atoms with Crippen LogP contribution in [0.2, 0.25) is 5.02 Å². The van der Waals surface area contributed by atoms with Crippen molar-refractivity contribution in [2.75, 3.05) is 19.5 Å². The van der Waals surface area contributed by atoms with Crippen LogP contribution in [0.25, 0.3) is 5.00 Å². The number of carbonyl (C=O) groups is 1. The Morgan fingerprint density at radius 2 is 1.81 bits per heavy atom. The van der Waals surface area contributed by atoms with Gasteiger partial charge in [-0.15, -0.1) is 21.5 Å². The van der Waals surface area contributed by atoms with Gasteiger partial charge in [-0.25, -0.2) is 4.79 Å². The molecule has 5 rings (SSSR count). The van der Waals surface area contributed by atoms with Crippen LogP contribution >= 0.6 is 22.9 Å². The van der Waals surface area contributed by atoms with E-state index in [4.69, 9.17) is 26.1 Å². The molecule has 37 heavy (non-hydrogen) atoms. The number of carbonyl (C=O) groups excluding carboxylic acids is 1. The summed E-state index contributed by atoms with van der Waals surface area (Å²) in [4.78, 5) is 19.4. The van der Waals surface area contributed by atoms with Crippen LogP contribution in [-0.2, 0) is 0 Å². The minimum atomic E-state index is -0.817. The van der Waals surface area contributed by atoms with Crippen LogP contribution in [0, 0.1) is 20.8 Å². The number of aromatic nitrogens is 3. The third-order valence-corrected chi connectivity index (χ3v) is 7.64. The molecule has 0 saturated heterocycles. The summed E-state index contributed by atoms with van der Waals surface area (Å²) in [7, 11) is 3.09. The Morgan fingerprint density at radius 1 is 1.05 bits per heavy atom. The standard InChI is InChI=1S/C26H25ClN6O3S/c1-13-14(2)37-25-21(13)22(16-6-8-17(27)9-7-16)29-23(24-32-31-15(3)33(24)25)30-26(34)28-19-12-18(35-4)10-11-20(19)36-5/h6-12,23H,1-5H3,(H2,28,30,34). The Kier molecular flexibility index (Phi) is 6.61. The monoisotopic (exact) mass is 536 g/mol. The van der Waals surface area contributed by atoms with Crippen molar-refractivity contribution >= 4 is 40.4 Å². The maximum atomic E-state index is 13.2. The second kappa shape index (κ2) is 9.87. The van der Waals surface area contributed by atoms with Gasteiger partial charge >= 0.3 is 6.03 Å². The fourth-order valence-corrected chi connectivity index (χ4v) is 5.56. The predicted molar refractivity (Wildman–Crippen MR) is 145 cm³/mol. The fraction of sp³-hybridized carbons (Fsp3) is 0.231. The summed E-state index contributed by atoms with van der Waals surface area (Å²) in [6.45, 7) is 6.04. The number of ether oxygens (including phenoxy) is 2. The number of anilines is 1. The molecule has 0 aliphatic carbocycles. The van der Waals surface area contributed by atoms with Crippen LogP contribution in [-0.4, -0.2) is 40.7 Å². The number of hydrogen-bond donors (Lipinski definition) is 2. The second-order valence-corrected chi connectivity index (χ2v) is 10.1. The lowest BCUT2D eigenvalue weighted by atomic mass is 10.00. The first kappa shape index (κ1) is 24.8. The number of halogens is 1. The topological polar surface area (TPSA) is 103 Å². The smallest absolute Gasteiger partial charge is 0.321 e. The predicted octanol–water partition coefficient (Wildman–Crippen LogP) is 5.60. The normalized spacial score (nSPS) is 14.2. The van der Waals surface area contributed by atoms with Crippen molar-refractivity contribution in [2.45, 2.75) is 26.9 Å². The molecule has 1 unspecified atom stereocenters. The molecule has 1 atom stereocenters. The van der Waals surface area contributed by atoms with E-state index in [1.165, 1.54) is 12.0 Å². The molecule has 1 aliphatic rings. The average molecular weight is 537 g/mol. The second-order valence-electron chi connectivity index (χ2n) is 8.46. The van der Waals surface area contributed by atoms with Crippen LogP contribution in [0.5, 0.6) is 11.5 Å². The number of rotatable bonds is 5. The Balaban J connectivity index is 1.59. The summed E-state index contributed by atoms with van der Waals surface area (Å²) in [5, 5.41) is 16.1. The minimum absolute atomic E-state index is 0.457. The first-order valence-electron chi connectivity index (χ1n) is 11.5. The molecule has 0 radical (unpaired) electrons.